The van der Waals surface area contributed by atoms with Crippen LogP contribution in [0.3, 0.4) is 0 Å². The van der Waals surface area contributed by atoms with E-state index in [-0.39, 0.29) is 12.1 Å². The van der Waals surface area contributed by atoms with Gasteiger partial charge in [-0.15, -0.1) is 0 Å². The van der Waals surface area contributed by atoms with E-state index in [1.165, 1.54) is 21.3 Å². The Morgan fingerprint density at radius 1 is 1.12 bits per heavy atom. The Balaban J connectivity index is 2.73. The highest BCUT2D eigenvalue weighted by atomic mass is 16.6. The molecule has 0 saturated heterocycles. The van der Waals surface area contributed by atoms with Crippen molar-refractivity contribution in [3.63, 3.8) is 0 Å². The number of hydrogen-bond acceptors (Lipinski definition) is 5. The number of carbonyl (C=O) groups excluding carboxylic acids is 1. The summed E-state index contributed by atoms with van der Waals surface area (Å²) >= 11 is 0. The third-order valence-corrected chi connectivity index (χ3v) is 2.78. The van der Waals surface area contributed by atoms with E-state index in [2.05, 4.69) is 0 Å². The van der Waals surface area contributed by atoms with E-state index >= 15 is 0 Å². The lowest BCUT2D eigenvalue weighted by molar-refractivity contribution is 0.0419. The van der Waals surface area contributed by atoms with Gasteiger partial charge in [0, 0.05) is 0 Å². The maximum absolute atomic E-state index is 11.6. The quantitative estimate of drug-likeness (QED) is 0.753. The Morgan fingerprint density at radius 3 is 2.29 bits per heavy atom. The van der Waals surface area contributed by atoms with Crippen molar-refractivity contribution in [3.8, 4) is 17.2 Å². The van der Waals surface area contributed by atoms with Crippen LogP contribution in [0.5, 0.6) is 17.2 Å². The number of cyclic esters (lactones) is 1. The minimum absolute atomic E-state index is 0.341. The zero-order chi connectivity index (χ0) is 12.6. The number of ether oxygens (including phenoxy) is 4. The molecule has 2 rings (SSSR count). The maximum atomic E-state index is 11.6. The first kappa shape index (κ1) is 11.6. The standard InChI is InChI=1S/C12H14O5/c1-6-9-7(12(13)17-6)5-8(14-2)10(15-3)11(9)16-4/h5-6H,1-4H3. The molecule has 0 N–H and O–H groups in total. The summed E-state index contributed by atoms with van der Waals surface area (Å²) in [5.74, 6) is 1.04. The number of benzene rings is 1. The number of carbonyl (C=O) groups is 1. The summed E-state index contributed by atoms with van der Waals surface area (Å²) in [6.07, 6.45) is -0.341. The molecule has 0 spiro atoms. The van der Waals surface area contributed by atoms with Crippen LogP contribution in [0.15, 0.2) is 6.07 Å². The molecule has 1 unspecified atom stereocenters. The molecule has 1 atom stereocenters. The molecule has 0 radical (unpaired) electrons. The molecular formula is C12H14O5. The zero-order valence-electron chi connectivity index (χ0n) is 10.2. The second kappa shape index (κ2) is 4.16. The van der Waals surface area contributed by atoms with E-state index in [1.807, 2.05) is 0 Å². The second-order valence-electron chi connectivity index (χ2n) is 3.65. The van der Waals surface area contributed by atoms with Crippen molar-refractivity contribution in [1.82, 2.24) is 0 Å². The number of rotatable bonds is 3. The summed E-state index contributed by atoms with van der Waals surface area (Å²) in [6.45, 7) is 1.79. The Labute approximate surface area is 99.2 Å². The van der Waals surface area contributed by atoms with Gasteiger partial charge in [-0.2, -0.15) is 0 Å². The Hall–Kier alpha value is -1.91. The monoisotopic (exact) mass is 238 g/mol. The number of hydrogen-bond donors (Lipinski definition) is 0. The minimum atomic E-state index is -0.369. The van der Waals surface area contributed by atoms with Gasteiger partial charge < -0.3 is 18.9 Å². The Kier molecular flexibility index (Phi) is 2.83. The van der Waals surface area contributed by atoms with E-state index in [0.29, 0.717) is 28.4 Å². The molecule has 0 aliphatic carbocycles. The van der Waals surface area contributed by atoms with Gasteiger partial charge in [0.05, 0.1) is 32.5 Å². The van der Waals surface area contributed by atoms with Crippen LogP contribution in [-0.4, -0.2) is 27.3 Å². The molecule has 0 fully saturated rings. The van der Waals surface area contributed by atoms with Gasteiger partial charge in [-0.25, -0.2) is 4.79 Å². The Morgan fingerprint density at radius 2 is 1.76 bits per heavy atom. The minimum Gasteiger partial charge on any atom is -0.493 e. The van der Waals surface area contributed by atoms with E-state index in [0.717, 1.165) is 0 Å². The van der Waals surface area contributed by atoms with Gasteiger partial charge in [0.25, 0.3) is 0 Å². The largest absolute Gasteiger partial charge is 0.493 e. The van der Waals surface area contributed by atoms with Gasteiger partial charge in [0.1, 0.15) is 6.10 Å². The van der Waals surface area contributed by atoms with Crippen molar-refractivity contribution in [2.45, 2.75) is 13.0 Å². The van der Waals surface area contributed by atoms with Crippen LogP contribution in [0.25, 0.3) is 0 Å². The number of methoxy groups -OCH3 is 3. The van der Waals surface area contributed by atoms with Crippen LogP contribution in [-0.2, 0) is 4.74 Å². The highest BCUT2D eigenvalue weighted by Gasteiger charge is 2.35. The van der Waals surface area contributed by atoms with Gasteiger partial charge in [-0.05, 0) is 13.0 Å². The van der Waals surface area contributed by atoms with E-state index in [4.69, 9.17) is 18.9 Å². The summed E-state index contributed by atoms with van der Waals surface area (Å²) in [6, 6.07) is 1.61. The smallest absolute Gasteiger partial charge is 0.339 e. The van der Waals surface area contributed by atoms with Crippen LogP contribution < -0.4 is 14.2 Å². The van der Waals surface area contributed by atoms with Crippen LogP contribution >= 0.6 is 0 Å². The molecule has 1 aliphatic heterocycles. The van der Waals surface area contributed by atoms with E-state index in [9.17, 15) is 4.79 Å². The maximum Gasteiger partial charge on any atom is 0.339 e. The van der Waals surface area contributed by atoms with Crippen molar-refractivity contribution in [2.75, 3.05) is 21.3 Å². The lowest BCUT2D eigenvalue weighted by atomic mass is 10.0. The summed E-state index contributed by atoms with van der Waals surface area (Å²) < 4.78 is 20.9. The van der Waals surface area contributed by atoms with Gasteiger partial charge in [-0.1, -0.05) is 0 Å². The van der Waals surface area contributed by atoms with Crippen molar-refractivity contribution < 1.29 is 23.7 Å². The van der Waals surface area contributed by atoms with Crippen LogP contribution in [0.4, 0.5) is 0 Å². The first-order valence-corrected chi connectivity index (χ1v) is 5.17. The molecule has 0 saturated carbocycles. The fourth-order valence-electron chi connectivity index (χ4n) is 2.03. The average molecular weight is 238 g/mol. The molecule has 1 aromatic carbocycles. The van der Waals surface area contributed by atoms with Crippen molar-refractivity contribution >= 4 is 5.97 Å². The fraction of sp³-hybridized carbons (Fsp3) is 0.417. The van der Waals surface area contributed by atoms with Crippen molar-refractivity contribution in [3.05, 3.63) is 17.2 Å². The highest BCUT2D eigenvalue weighted by molar-refractivity contribution is 5.96. The fourth-order valence-corrected chi connectivity index (χ4v) is 2.03. The Bertz CT molecular complexity index is 466. The average Bonchev–Trinajstić information content (AvgIpc) is 2.62. The van der Waals surface area contributed by atoms with Gasteiger partial charge in [0.15, 0.2) is 11.5 Å². The van der Waals surface area contributed by atoms with Crippen LogP contribution in [0.2, 0.25) is 0 Å². The van der Waals surface area contributed by atoms with Crippen LogP contribution in [0, 0.1) is 0 Å². The summed E-state index contributed by atoms with van der Waals surface area (Å²) in [4.78, 5) is 11.6. The third-order valence-electron chi connectivity index (χ3n) is 2.78. The first-order valence-electron chi connectivity index (χ1n) is 5.17. The highest BCUT2D eigenvalue weighted by Crippen LogP contribution is 2.47. The molecule has 1 aromatic rings. The molecule has 17 heavy (non-hydrogen) atoms. The molecule has 5 heteroatoms. The van der Waals surface area contributed by atoms with E-state index < -0.39 is 0 Å². The van der Waals surface area contributed by atoms with Gasteiger partial charge in [-0.3, -0.25) is 0 Å². The molecular weight excluding hydrogens is 224 g/mol. The second-order valence-corrected chi connectivity index (χ2v) is 3.65. The molecule has 0 amide bonds. The zero-order valence-corrected chi connectivity index (χ0v) is 10.2. The lowest BCUT2D eigenvalue weighted by Crippen LogP contribution is -2.01. The van der Waals surface area contributed by atoms with Crippen molar-refractivity contribution in [1.29, 1.82) is 0 Å². The molecule has 0 aromatic heterocycles. The summed E-state index contributed by atoms with van der Waals surface area (Å²) in [7, 11) is 4.55. The first-order chi connectivity index (χ1) is 8.13. The number of esters is 1. The molecule has 0 bridgehead atoms. The predicted octanol–water partition coefficient (Wildman–Crippen LogP) is 1.94. The summed E-state index contributed by atoms with van der Waals surface area (Å²) in [5.41, 5.74) is 1.17. The SMILES string of the molecule is COc1cc2c(c(OC)c1OC)C(C)OC2=O. The van der Waals surface area contributed by atoms with Gasteiger partial charge in [0.2, 0.25) is 5.75 Å². The van der Waals surface area contributed by atoms with E-state index in [1.54, 1.807) is 13.0 Å². The molecule has 1 aliphatic rings. The van der Waals surface area contributed by atoms with Crippen LogP contribution in [0.1, 0.15) is 28.9 Å². The number of fused-ring (bicyclic) bond motifs is 1. The topological polar surface area (TPSA) is 54.0 Å². The third kappa shape index (κ3) is 1.58. The molecule has 1 heterocycles. The molecule has 92 valence electrons. The van der Waals surface area contributed by atoms with Gasteiger partial charge >= 0.3 is 5.97 Å². The van der Waals surface area contributed by atoms with Crippen molar-refractivity contribution in [2.24, 2.45) is 0 Å². The molecule has 5 nitrogen and oxygen atoms in total. The lowest BCUT2D eigenvalue weighted by Gasteiger charge is -2.15. The predicted molar refractivity (Wildman–Crippen MR) is 59.9 cm³/mol. The summed E-state index contributed by atoms with van der Waals surface area (Å²) in [5, 5.41) is 0. The normalized spacial score (nSPS) is 17.4.